The van der Waals surface area contributed by atoms with Crippen LogP contribution in [0.15, 0.2) is 30.5 Å². The van der Waals surface area contributed by atoms with Crippen molar-refractivity contribution in [2.24, 2.45) is 0 Å². The quantitative estimate of drug-likeness (QED) is 0.922. The molecule has 2 aromatic rings. The Morgan fingerprint density at radius 3 is 2.94 bits per heavy atom. The first-order valence-electron chi connectivity index (χ1n) is 5.19. The zero-order valence-electron chi connectivity index (χ0n) is 9.63. The van der Waals surface area contributed by atoms with Crippen molar-refractivity contribution in [3.05, 3.63) is 46.6 Å². The van der Waals surface area contributed by atoms with Crippen molar-refractivity contribution in [1.29, 1.82) is 0 Å². The lowest BCUT2D eigenvalue weighted by Gasteiger charge is -2.07. The molecule has 0 radical (unpaired) electrons. The molecule has 1 N–H and O–H groups in total. The Labute approximate surface area is 109 Å². The Kier molecular flexibility index (Phi) is 3.53. The Balaban J connectivity index is 2.32. The first-order chi connectivity index (χ1) is 8.61. The van der Waals surface area contributed by atoms with Gasteiger partial charge >= 0.3 is 5.97 Å². The molecule has 0 saturated heterocycles. The highest BCUT2D eigenvalue weighted by molar-refractivity contribution is 6.30. The van der Waals surface area contributed by atoms with Gasteiger partial charge in [0.2, 0.25) is 5.88 Å². The van der Waals surface area contributed by atoms with E-state index in [1.807, 2.05) is 12.1 Å². The lowest BCUT2D eigenvalue weighted by molar-refractivity contribution is 0.0693. The highest BCUT2D eigenvalue weighted by Gasteiger charge is 2.17. The van der Waals surface area contributed by atoms with Crippen LogP contribution in [0.5, 0.6) is 5.88 Å². The average molecular weight is 267 g/mol. The van der Waals surface area contributed by atoms with Gasteiger partial charge in [-0.3, -0.25) is 0 Å². The largest absolute Gasteiger partial charge is 0.481 e. The van der Waals surface area contributed by atoms with Gasteiger partial charge in [0, 0.05) is 5.02 Å². The van der Waals surface area contributed by atoms with E-state index in [0.29, 0.717) is 11.6 Å². The van der Waals surface area contributed by atoms with E-state index in [9.17, 15) is 4.79 Å². The summed E-state index contributed by atoms with van der Waals surface area (Å²) in [6.07, 6.45) is 1.27. The fourth-order valence-electron chi connectivity index (χ4n) is 1.66. The number of aromatic nitrogens is 2. The van der Waals surface area contributed by atoms with E-state index in [-0.39, 0.29) is 11.4 Å². The maximum Gasteiger partial charge on any atom is 0.342 e. The first kappa shape index (κ1) is 12.4. The van der Waals surface area contributed by atoms with Gasteiger partial charge in [0.05, 0.1) is 19.9 Å². The van der Waals surface area contributed by atoms with Crippen LogP contribution in [0.1, 0.15) is 15.9 Å². The number of aromatic carboxylic acids is 1. The summed E-state index contributed by atoms with van der Waals surface area (Å²) in [5.41, 5.74) is 0.959. The van der Waals surface area contributed by atoms with Crippen molar-refractivity contribution in [1.82, 2.24) is 9.78 Å². The Bertz CT molecular complexity index is 580. The fraction of sp³-hybridized carbons (Fsp3) is 0.167. The third kappa shape index (κ3) is 2.46. The topological polar surface area (TPSA) is 64.3 Å². The van der Waals surface area contributed by atoms with Crippen molar-refractivity contribution >= 4 is 17.6 Å². The van der Waals surface area contributed by atoms with Crippen molar-refractivity contribution in [2.75, 3.05) is 7.11 Å². The smallest absolute Gasteiger partial charge is 0.342 e. The fourth-order valence-corrected chi connectivity index (χ4v) is 1.87. The number of ether oxygens (including phenoxy) is 1. The molecule has 0 aliphatic carbocycles. The number of halogens is 1. The van der Waals surface area contributed by atoms with Gasteiger partial charge in [-0.25, -0.2) is 9.48 Å². The normalized spacial score (nSPS) is 10.3. The van der Waals surface area contributed by atoms with Gasteiger partial charge in [-0.1, -0.05) is 23.7 Å². The molecule has 0 amide bonds. The summed E-state index contributed by atoms with van der Waals surface area (Å²) in [6.45, 7) is 0.400. The monoisotopic (exact) mass is 266 g/mol. The van der Waals surface area contributed by atoms with Gasteiger partial charge < -0.3 is 9.84 Å². The van der Waals surface area contributed by atoms with E-state index in [2.05, 4.69) is 5.10 Å². The van der Waals surface area contributed by atoms with Gasteiger partial charge in [0.1, 0.15) is 5.56 Å². The molecule has 18 heavy (non-hydrogen) atoms. The second-order valence-corrected chi connectivity index (χ2v) is 4.10. The van der Waals surface area contributed by atoms with Crippen LogP contribution >= 0.6 is 11.6 Å². The number of carboxylic acid groups (broad SMARTS) is 1. The van der Waals surface area contributed by atoms with Gasteiger partial charge in [-0.15, -0.1) is 0 Å². The molecule has 2 rings (SSSR count). The van der Waals surface area contributed by atoms with Crippen LogP contribution in [0.3, 0.4) is 0 Å². The van der Waals surface area contributed by atoms with Gasteiger partial charge in [0.25, 0.3) is 0 Å². The van der Waals surface area contributed by atoms with Crippen LogP contribution in [-0.2, 0) is 6.54 Å². The lowest BCUT2D eigenvalue weighted by Crippen LogP contribution is -2.06. The Morgan fingerprint density at radius 2 is 2.33 bits per heavy atom. The molecule has 0 atom stereocenters. The standard InChI is InChI=1S/C12H11ClN2O3/c1-18-11-10(12(16)17)6-14-15(11)7-8-3-2-4-9(13)5-8/h2-6H,7H2,1H3,(H,16,17). The minimum atomic E-state index is -1.07. The second-order valence-electron chi connectivity index (χ2n) is 3.66. The summed E-state index contributed by atoms with van der Waals surface area (Å²) in [7, 11) is 1.41. The molecule has 1 aromatic carbocycles. The van der Waals surface area contributed by atoms with Gasteiger partial charge in [-0.2, -0.15) is 5.10 Å². The van der Waals surface area contributed by atoms with Crippen LogP contribution in [0.4, 0.5) is 0 Å². The van der Waals surface area contributed by atoms with E-state index < -0.39 is 5.97 Å². The maximum absolute atomic E-state index is 10.9. The van der Waals surface area contributed by atoms with Crippen LogP contribution < -0.4 is 4.74 Å². The van der Waals surface area contributed by atoms with E-state index in [1.54, 1.807) is 12.1 Å². The zero-order chi connectivity index (χ0) is 13.1. The average Bonchev–Trinajstić information content (AvgIpc) is 2.72. The number of hydrogen-bond acceptors (Lipinski definition) is 3. The number of benzene rings is 1. The van der Waals surface area contributed by atoms with E-state index in [4.69, 9.17) is 21.4 Å². The summed E-state index contributed by atoms with van der Waals surface area (Å²) in [5, 5.41) is 13.6. The number of nitrogens with zero attached hydrogens (tertiary/aromatic N) is 2. The van der Waals surface area contributed by atoms with Crippen molar-refractivity contribution in [2.45, 2.75) is 6.54 Å². The minimum absolute atomic E-state index is 0.0412. The van der Waals surface area contributed by atoms with Gasteiger partial charge in [0.15, 0.2) is 0 Å². The van der Waals surface area contributed by atoms with E-state index in [0.717, 1.165) is 5.56 Å². The predicted octanol–water partition coefficient (Wildman–Crippen LogP) is 2.29. The SMILES string of the molecule is COc1c(C(=O)O)cnn1Cc1cccc(Cl)c1. The summed E-state index contributed by atoms with van der Waals surface area (Å²) >= 11 is 5.89. The molecule has 5 nitrogen and oxygen atoms in total. The van der Waals surface area contributed by atoms with Crippen molar-refractivity contribution in [3.63, 3.8) is 0 Å². The summed E-state index contributed by atoms with van der Waals surface area (Å²) in [4.78, 5) is 10.9. The third-order valence-electron chi connectivity index (χ3n) is 2.44. The highest BCUT2D eigenvalue weighted by atomic mass is 35.5. The molecule has 94 valence electrons. The number of carboxylic acids is 1. The first-order valence-corrected chi connectivity index (χ1v) is 5.57. The number of methoxy groups -OCH3 is 1. The Morgan fingerprint density at radius 1 is 1.56 bits per heavy atom. The lowest BCUT2D eigenvalue weighted by atomic mass is 10.2. The molecule has 0 fully saturated rings. The maximum atomic E-state index is 10.9. The molecule has 1 aromatic heterocycles. The van der Waals surface area contributed by atoms with Crippen LogP contribution in [0.2, 0.25) is 5.02 Å². The molecule has 0 bridgehead atoms. The van der Waals surface area contributed by atoms with Crippen LogP contribution in [-0.4, -0.2) is 28.0 Å². The third-order valence-corrected chi connectivity index (χ3v) is 2.67. The molecule has 0 spiro atoms. The summed E-state index contributed by atoms with van der Waals surface area (Å²) in [5.74, 6) is -0.841. The molecule has 0 saturated carbocycles. The highest BCUT2D eigenvalue weighted by Crippen LogP contribution is 2.20. The van der Waals surface area contributed by atoms with Gasteiger partial charge in [-0.05, 0) is 17.7 Å². The van der Waals surface area contributed by atoms with E-state index >= 15 is 0 Å². The zero-order valence-corrected chi connectivity index (χ0v) is 10.4. The van der Waals surface area contributed by atoms with Crippen molar-refractivity contribution in [3.8, 4) is 5.88 Å². The number of carbonyl (C=O) groups is 1. The van der Waals surface area contributed by atoms with Crippen LogP contribution in [0.25, 0.3) is 0 Å². The number of hydrogen-bond donors (Lipinski definition) is 1. The van der Waals surface area contributed by atoms with E-state index in [1.165, 1.54) is 18.0 Å². The minimum Gasteiger partial charge on any atom is -0.481 e. The molecule has 0 unspecified atom stereocenters. The Hall–Kier alpha value is -2.01. The molecule has 0 aliphatic heterocycles. The van der Waals surface area contributed by atoms with Crippen LogP contribution in [0, 0.1) is 0 Å². The molecule has 1 heterocycles. The summed E-state index contributed by atoms with van der Waals surface area (Å²) < 4.78 is 6.55. The molecular weight excluding hydrogens is 256 g/mol. The molecular formula is C12H11ClN2O3. The second kappa shape index (κ2) is 5.10. The predicted molar refractivity (Wildman–Crippen MR) is 66.3 cm³/mol. The number of rotatable bonds is 4. The molecule has 6 heteroatoms. The summed E-state index contributed by atoms with van der Waals surface area (Å²) in [6, 6.07) is 7.27. The van der Waals surface area contributed by atoms with Crippen molar-refractivity contribution < 1.29 is 14.6 Å². The molecule has 0 aliphatic rings.